The maximum atomic E-state index is 2.40. The van der Waals surface area contributed by atoms with Gasteiger partial charge >= 0.3 is 0 Å². The Balaban J connectivity index is 0.977. The predicted molar refractivity (Wildman–Crippen MR) is 225 cm³/mol. The fourth-order valence-corrected chi connectivity index (χ4v) is 8.58. The standard InChI is InChI=1S/C52H32/c1-3-11-43-33(9-1)25-26-49-46-14-6-8-16-48(46)51(32-52(43)49)42-24-22-37-28-35(18-20-39(37)30-42)34-17-19-38-29-41(23-21-36(38)27-34)50-31-40-10-2-4-12-44(40)45-13-5-7-15-47(45)50/h1-32H. The van der Waals surface area contributed by atoms with Crippen molar-refractivity contribution in [2.45, 2.75) is 0 Å². The van der Waals surface area contributed by atoms with E-state index in [9.17, 15) is 0 Å². The molecule has 0 heteroatoms. The largest absolute Gasteiger partial charge is 0.0616 e. The fourth-order valence-electron chi connectivity index (χ4n) is 8.58. The molecule has 0 amide bonds. The average molecular weight is 657 g/mol. The topological polar surface area (TPSA) is 0 Å². The number of fused-ring (bicyclic) bond motifs is 10. The van der Waals surface area contributed by atoms with Gasteiger partial charge in [0.2, 0.25) is 0 Å². The van der Waals surface area contributed by atoms with Gasteiger partial charge in [-0.1, -0.05) is 158 Å². The molecule has 0 aliphatic rings. The molecule has 0 saturated heterocycles. The van der Waals surface area contributed by atoms with Crippen molar-refractivity contribution in [3.63, 3.8) is 0 Å². The minimum atomic E-state index is 1.23. The first-order chi connectivity index (χ1) is 25.7. The second-order valence-electron chi connectivity index (χ2n) is 14.1. The molecule has 52 heavy (non-hydrogen) atoms. The molecular formula is C52H32. The van der Waals surface area contributed by atoms with Crippen molar-refractivity contribution in [2.24, 2.45) is 0 Å². The van der Waals surface area contributed by atoms with Gasteiger partial charge in [-0.05, 0) is 145 Å². The van der Waals surface area contributed by atoms with Crippen molar-refractivity contribution < 1.29 is 0 Å². The lowest BCUT2D eigenvalue weighted by Crippen LogP contribution is -1.87. The summed E-state index contributed by atoms with van der Waals surface area (Å²) in [5.41, 5.74) is 7.50. The highest BCUT2D eigenvalue weighted by Gasteiger charge is 2.13. The highest BCUT2D eigenvalue weighted by Crippen LogP contribution is 2.40. The van der Waals surface area contributed by atoms with Gasteiger partial charge in [-0.25, -0.2) is 0 Å². The third kappa shape index (κ3) is 4.55. The Bertz CT molecular complexity index is 3240. The lowest BCUT2D eigenvalue weighted by molar-refractivity contribution is 1.66. The zero-order valence-corrected chi connectivity index (χ0v) is 28.5. The zero-order chi connectivity index (χ0) is 34.2. The molecule has 0 saturated carbocycles. The smallest absolute Gasteiger partial charge is 0.00928 e. The van der Waals surface area contributed by atoms with E-state index in [0.717, 1.165) is 0 Å². The first-order valence-corrected chi connectivity index (χ1v) is 18.1. The van der Waals surface area contributed by atoms with Crippen LogP contribution in [0.2, 0.25) is 0 Å². The summed E-state index contributed by atoms with van der Waals surface area (Å²) in [6, 6.07) is 71.9. The van der Waals surface area contributed by atoms with Crippen molar-refractivity contribution in [3.8, 4) is 33.4 Å². The van der Waals surface area contributed by atoms with Gasteiger partial charge < -0.3 is 0 Å². The molecule has 11 aromatic carbocycles. The number of benzene rings is 11. The third-order valence-electron chi connectivity index (χ3n) is 11.2. The number of rotatable bonds is 3. The Kier molecular flexibility index (Phi) is 6.35. The van der Waals surface area contributed by atoms with Crippen LogP contribution in [0.15, 0.2) is 194 Å². The van der Waals surface area contributed by atoms with Gasteiger partial charge in [0.15, 0.2) is 0 Å². The van der Waals surface area contributed by atoms with Gasteiger partial charge in [0.25, 0.3) is 0 Å². The van der Waals surface area contributed by atoms with Gasteiger partial charge in [-0.3, -0.25) is 0 Å². The van der Waals surface area contributed by atoms with Crippen molar-refractivity contribution >= 4 is 75.4 Å². The van der Waals surface area contributed by atoms with E-state index < -0.39 is 0 Å². The number of hydrogen-bond donors (Lipinski definition) is 0. The molecule has 11 rings (SSSR count). The molecule has 0 unspecified atom stereocenters. The van der Waals surface area contributed by atoms with E-state index >= 15 is 0 Å². The molecule has 240 valence electrons. The van der Waals surface area contributed by atoms with Gasteiger partial charge in [-0.2, -0.15) is 0 Å². The molecule has 0 radical (unpaired) electrons. The molecule has 0 bridgehead atoms. The molecule has 0 spiro atoms. The van der Waals surface area contributed by atoms with Crippen LogP contribution in [-0.2, 0) is 0 Å². The molecule has 11 aromatic rings. The van der Waals surface area contributed by atoms with Gasteiger partial charge in [0.05, 0.1) is 0 Å². The molecule has 0 fully saturated rings. The lowest BCUT2D eigenvalue weighted by atomic mass is 9.90. The predicted octanol–water partition coefficient (Wildman–Crippen LogP) is 14.8. The van der Waals surface area contributed by atoms with Gasteiger partial charge in [0, 0.05) is 0 Å². The summed E-state index contributed by atoms with van der Waals surface area (Å²) in [6.07, 6.45) is 0. The second kappa shape index (κ2) is 11.4. The monoisotopic (exact) mass is 656 g/mol. The molecule has 0 aromatic heterocycles. The molecule has 0 aliphatic heterocycles. The van der Waals surface area contributed by atoms with E-state index in [4.69, 9.17) is 0 Å². The Hall–Kier alpha value is -6.76. The van der Waals surface area contributed by atoms with Gasteiger partial charge in [0.1, 0.15) is 0 Å². The molecule has 0 nitrogen and oxygen atoms in total. The second-order valence-corrected chi connectivity index (χ2v) is 14.1. The maximum Gasteiger partial charge on any atom is -0.00928 e. The Morgan fingerprint density at radius 3 is 1.12 bits per heavy atom. The van der Waals surface area contributed by atoms with Crippen LogP contribution in [0.5, 0.6) is 0 Å². The zero-order valence-electron chi connectivity index (χ0n) is 28.5. The first-order valence-electron chi connectivity index (χ1n) is 18.1. The van der Waals surface area contributed by atoms with Crippen LogP contribution in [0, 0.1) is 0 Å². The lowest BCUT2D eigenvalue weighted by Gasteiger charge is -2.14. The maximum absolute atomic E-state index is 2.40. The third-order valence-corrected chi connectivity index (χ3v) is 11.2. The van der Waals surface area contributed by atoms with Crippen molar-refractivity contribution in [1.29, 1.82) is 0 Å². The van der Waals surface area contributed by atoms with Crippen LogP contribution in [0.3, 0.4) is 0 Å². The Labute approximate surface area is 301 Å². The van der Waals surface area contributed by atoms with Crippen LogP contribution in [0.4, 0.5) is 0 Å². The van der Waals surface area contributed by atoms with Crippen molar-refractivity contribution in [1.82, 2.24) is 0 Å². The Morgan fingerprint density at radius 2 is 0.538 bits per heavy atom. The normalized spacial score (nSPS) is 11.8. The van der Waals surface area contributed by atoms with E-state index in [-0.39, 0.29) is 0 Å². The summed E-state index contributed by atoms with van der Waals surface area (Å²) >= 11 is 0. The average Bonchev–Trinajstić information content (AvgIpc) is 3.22. The summed E-state index contributed by atoms with van der Waals surface area (Å²) in [6.45, 7) is 0. The highest BCUT2D eigenvalue weighted by molar-refractivity contribution is 6.21. The Morgan fingerprint density at radius 1 is 0.173 bits per heavy atom. The van der Waals surface area contributed by atoms with E-state index in [1.807, 2.05) is 0 Å². The van der Waals surface area contributed by atoms with E-state index in [1.165, 1.54) is 109 Å². The highest BCUT2D eigenvalue weighted by atomic mass is 14.2. The van der Waals surface area contributed by atoms with Crippen molar-refractivity contribution in [2.75, 3.05) is 0 Å². The SMILES string of the molecule is c1ccc2c(c1)cc(-c1ccc3cc(-c4ccc5cc(-c6cc7c8ccccc8ccc7c7ccccc67)ccc5c4)ccc3c1)c1ccccc12. The van der Waals surface area contributed by atoms with Crippen LogP contribution in [0.1, 0.15) is 0 Å². The first kappa shape index (κ1) is 29.0. The van der Waals surface area contributed by atoms with E-state index in [0.29, 0.717) is 0 Å². The molecule has 0 atom stereocenters. The van der Waals surface area contributed by atoms with Crippen LogP contribution in [0.25, 0.3) is 109 Å². The summed E-state index contributed by atoms with van der Waals surface area (Å²) in [4.78, 5) is 0. The number of hydrogen-bond acceptors (Lipinski definition) is 0. The quantitative estimate of drug-likeness (QED) is 0.166. The van der Waals surface area contributed by atoms with Crippen LogP contribution >= 0.6 is 0 Å². The minimum absolute atomic E-state index is 1.23. The van der Waals surface area contributed by atoms with Crippen molar-refractivity contribution in [3.05, 3.63) is 194 Å². The fraction of sp³-hybridized carbons (Fsp3) is 0. The molecular weight excluding hydrogens is 625 g/mol. The minimum Gasteiger partial charge on any atom is -0.0616 e. The molecule has 0 heterocycles. The molecule has 0 aliphatic carbocycles. The summed E-state index contributed by atoms with van der Waals surface area (Å²) < 4.78 is 0. The van der Waals surface area contributed by atoms with E-state index in [2.05, 4.69) is 194 Å². The summed E-state index contributed by atoms with van der Waals surface area (Å²) in [5, 5.41) is 17.9. The van der Waals surface area contributed by atoms with Gasteiger partial charge in [-0.15, -0.1) is 0 Å². The van der Waals surface area contributed by atoms with Crippen LogP contribution in [-0.4, -0.2) is 0 Å². The van der Waals surface area contributed by atoms with E-state index in [1.54, 1.807) is 0 Å². The van der Waals surface area contributed by atoms with Crippen LogP contribution < -0.4 is 0 Å². The summed E-state index contributed by atoms with van der Waals surface area (Å²) in [7, 11) is 0. The summed E-state index contributed by atoms with van der Waals surface area (Å²) in [5.74, 6) is 0. The molecule has 0 N–H and O–H groups in total.